The van der Waals surface area contributed by atoms with E-state index in [4.69, 9.17) is 15.2 Å². The van der Waals surface area contributed by atoms with Gasteiger partial charge >= 0.3 is 5.97 Å². The Balaban J connectivity index is 2.12. The summed E-state index contributed by atoms with van der Waals surface area (Å²) in [6, 6.07) is -0.521. The van der Waals surface area contributed by atoms with Crippen molar-refractivity contribution < 1.29 is 14.3 Å². The van der Waals surface area contributed by atoms with Crippen molar-refractivity contribution in [1.82, 2.24) is 0 Å². The Kier molecular flexibility index (Phi) is 3.49. The maximum Gasteiger partial charge on any atom is 0.322 e. The van der Waals surface area contributed by atoms with Crippen molar-refractivity contribution in [2.24, 2.45) is 11.7 Å². The van der Waals surface area contributed by atoms with Crippen LogP contribution < -0.4 is 5.73 Å². The highest BCUT2D eigenvalue weighted by atomic mass is 16.5. The number of hydrogen-bond donors (Lipinski definition) is 1. The topological polar surface area (TPSA) is 61.6 Å². The standard InChI is InChI=1S/C8H15NO3/c1-6(9)8(10)12-5-7-2-3-11-4-7/h6-7H,2-5,9H2,1H3/t6-,7-/m0/s1. The molecule has 0 aromatic heterocycles. The second kappa shape index (κ2) is 4.42. The lowest BCUT2D eigenvalue weighted by Crippen LogP contribution is -2.30. The lowest BCUT2D eigenvalue weighted by molar-refractivity contribution is -0.146. The van der Waals surface area contributed by atoms with Gasteiger partial charge in [-0.2, -0.15) is 0 Å². The third-order valence-corrected chi connectivity index (χ3v) is 1.86. The second-order valence-corrected chi connectivity index (χ2v) is 3.15. The van der Waals surface area contributed by atoms with Crippen molar-refractivity contribution >= 4 is 5.97 Å². The molecule has 0 amide bonds. The van der Waals surface area contributed by atoms with Crippen LogP contribution >= 0.6 is 0 Å². The Morgan fingerprint density at radius 1 is 1.83 bits per heavy atom. The molecule has 1 rings (SSSR count). The minimum Gasteiger partial charge on any atom is -0.464 e. The van der Waals surface area contributed by atoms with Crippen LogP contribution in [-0.4, -0.2) is 31.8 Å². The quantitative estimate of drug-likeness (QED) is 0.606. The molecule has 12 heavy (non-hydrogen) atoms. The van der Waals surface area contributed by atoms with Gasteiger partial charge in [-0.15, -0.1) is 0 Å². The van der Waals surface area contributed by atoms with Crippen LogP contribution in [0.5, 0.6) is 0 Å². The molecule has 2 atom stereocenters. The fraction of sp³-hybridized carbons (Fsp3) is 0.875. The number of carbonyl (C=O) groups is 1. The summed E-state index contributed by atoms with van der Waals surface area (Å²) >= 11 is 0. The monoisotopic (exact) mass is 173 g/mol. The van der Waals surface area contributed by atoms with Gasteiger partial charge in [0.2, 0.25) is 0 Å². The molecule has 0 bridgehead atoms. The zero-order valence-electron chi connectivity index (χ0n) is 7.29. The summed E-state index contributed by atoms with van der Waals surface area (Å²) in [6.45, 7) is 3.54. The summed E-state index contributed by atoms with van der Waals surface area (Å²) in [7, 11) is 0. The molecule has 0 aliphatic carbocycles. The normalized spacial score (nSPS) is 25.3. The minimum absolute atomic E-state index is 0.332. The summed E-state index contributed by atoms with van der Waals surface area (Å²) in [4.78, 5) is 10.9. The summed E-state index contributed by atoms with van der Waals surface area (Å²) < 4.78 is 10.1. The van der Waals surface area contributed by atoms with Crippen molar-refractivity contribution in [3.05, 3.63) is 0 Å². The van der Waals surface area contributed by atoms with E-state index in [0.29, 0.717) is 19.1 Å². The van der Waals surface area contributed by atoms with Crippen molar-refractivity contribution in [1.29, 1.82) is 0 Å². The Morgan fingerprint density at radius 2 is 2.58 bits per heavy atom. The molecular weight excluding hydrogens is 158 g/mol. The van der Waals surface area contributed by atoms with E-state index < -0.39 is 6.04 Å². The number of rotatable bonds is 3. The number of nitrogens with two attached hydrogens (primary N) is 1. The highest BCUT2D eigenvalue weighted by molar-refractivity contribution is 5.74. The molecule has 2 N–H and O–H groups in total. The van der Waals surface area contributed by atoms with Gasteiger partial charge in [0.25, 0.3) is 0 Å². The molecule has 0 saturated carbocycles. The van der Waals surface area contributed by atoms with E-state index in [2.05, 4.69) is 0 Å². The lowest BCUT2D eigenvalue weighted by atomic mass is 10.1. The number of carbonyl (C=O) groups excluding carboxylic acids is 1. The maximum absolute atomic E-state index is 10.9. The Labute approximate surface area is 72.0 Å². The van der Waals surface area contributed by atoms with Crippen LogP contribution in [0.3, 0.4) is 0 Å². The van der Waals surface area contributed by atoms with E-state index in [0.717, 1.165) is 13.0 Å². The van der Waals surface area contributed by atoms with Gasteiger partial charge in [0.15, 0.2) is 0 Å². The van der Waals surface area contributed by atoms with Crippen molar-refractivity contribution in [3.63, 3.8) is 0 Å². The molecule has 70 valence electrons. The molecule has 1 fully saturated rings. The predicted octanol–water partition coefficient (Wildman–Crippen LogP) is -0.0867. The van der Waals surface area contributed by atoms with Gasteiger partial charge in [-0.3, -0.25) is 4.79 Å². The molecule has 0 spiro atoms. The molecular formula is C8H15NO3. The SMILES string of the molecule is C[C@H](N)C(=O)OC[C@H]1CCOC1. The summed E-state index contributed by atoms with van der Waals surface area (Å²) in [5.74, 6) is 0.0367. The van der Waals surface area contributed by atoms with E-state index in [1.165, 1.54) is 0 Å². The molecule has 1 aliphatic heterocycles. The Bertz CT molecular complexity index is 152. The van der Waals surface area contributed by atoms with Crippen molar-refractivity contribution in [2.45, 2.75) is 19.4 Å². The molecule has 0 unspecified atom stereocenters. The summed E-state index contributed by atoms with van der Waals surface area (Å²) in [5, 5.41) is 0. The van der Waals surface area contributed by atoms with E-state index >= 15 is 0 Å². The third-order valence-electron chi connectivity index (χ3n) is 1.86. The van der Waals surface area contributed by atoms with Crippen LogP contribution in [0.1, 0.15) is 13.3 Å². The van der Waals surface area contributed by atoms with E-state index in [9.17, 15) is 4.79 Å². The molecule has 4 heteroatoms. The third kappa shape index (κ3) is 2.79. The zero-order chi connectivity index (χ0) is 8.97. The van der Waals surface area contributed by atoms with Crippen molar-refractivity contribution in [3.8, 4) is 0 Å². The van der Waals surface area contributed by atoms with E-state index in [1.807, 2.05) is 0 Å². The van der Waals surface area contributed by atoms with E-state index in [-0.39, 0.29) is 5.97 Å². The lowest BCUT2D eigenvalue weighted by Gasteiger charge is -2.10. The first kappa shape index (κ1) is 9.48. The molecule has 0 radical (unpaired) electrons. The number of ether oxygens (including phenoxy) is 2. The highest BCUT2D eigenvalue weighted by Gasteiger charge is 2.18. The number of hydrogen-bond acceptors (Lipinski definition) is 4. The van der Waals surface area contributed by atoms with Gasteiger partial charge in [0.05, 0.1) is 13.2 Å². The smallest absolute Gasteiger partial charge is 0.322 e. The fourth-order valence-electron chi connectivity index (χ4n) is 1.05. The Morgan fingerprint density at radius 3 is 3.08 bits per heavy atom. The van der Waals surface area contributed by atoms with E-state index in [1.54, 1.807) is 6.92 Å². The van der Waals surface area contributed by atoms with Gasteiger partial charge in [-0.05, 0) is 13.3 Å². The largest absolute Gasteiger partial charge is 0.464 e. The first-order valence-corrected chi connectivity index (χ1v) is 4.20. The molecule has 0 aromatic rings. The second-order valence-electron chi connectivity index (χ2n) is 3.15. The van der Waals surface area contributed by atoms with Crippen molar-refractivity contribution in [2.75, 3.05) is 19.8 Å². The van der Waals surface area contributed by atoms with Crippen LogP contribution in [-0.2, 0) is 14.3 Å². The molecule has 1 aliphatic rings. The molecule has 1 heterocycles. The number of esters is 1. The summed E-state index contributed by atoms with van der Waals surface area (Å²) in [5.41, 5.74) is 5.31. The average Bonchev–Trinajstić information content (AvgIpc) is 2.51. The van der Waals surface area contributed by atoms with Gasteiger partial charge in [-0.1, -0.05) is 0 Å². The Hall–Kier alpha value is -0.610. The zero-order valence-corrected chi connectivity index (χ0v) is 7.29. The van der Waals surface area contributed by atoms with Gasteiger partial charge in [0.1, 0.15) is 6.04 Å². The predicted molar refractivity (Wildman–Crippen MR) is 43.5 cm³/mol. The van der Waals surface area contributed by atoms with Crippen LogP contribution in [0.25, 0.3) is 0 Å². The maximum atomic E-state index is 10.9. The van der Waals surface area contributed by atoms with Gasteiger partial charge in [0, 0.05) is 12.5 Å². The summed E-state index contributed by atoms with van der Waals surface area (Å²) in [6.07, 6.45) is 0.978. The minimum atomic E-state index is -0.521. The van der Waals surface area contributed by atoms with Crippen LogP contribution in [0.15, 0.2) is 0 Å². The fourth-order valence-corrected chi connectivity index (χ4v) is 1.05. The van der Waals surface area contributed by atoms with Crippen LogP contribution in [0.2, 0.25) is 0 Å². The molecule has 0 aromatic carbocycles. The van der Waals surface area contributed by atoms with Crippen LogP contribution in [0.4, 0.5) is 0 Å². The average molecular weight is 173 g/mol. The molecule has 4 nitrogen and oxygen atoms in total. The first-order chi connectivity index (χ1) is 5.70. The van der Waals surface area contributed by atoms with Crippen LogP contribution in [0, 0.1) is 5.92 Å². The van der Waals surface area contributed by atoms with Gasteiger partial charge < -0.3 is 15.2 Å². The first-order valence-electron chi connectivity index (χ1n) is 4.20. The molecule has 1 saturated heterocycles. The van der Waals surface area contributed by atoms with Gasteiger partial charge in [-0.25, -0.2) is 0 Å². The highest BCUT2D eigenvalue weighted by Crippen LogP contribution is 2.12.